The van der Waals surface area contributed by atoms with Crippen LogP contribution < -0.4 is 15.8 Å². The number of piperidine rings is 1. The number of hydrogen-bond donors (Lipinski definition) is 2. The molecule has 1 atom stereocenters. The topological polar surface area (TPSA) is 67.6 Å². The molecule has 0 aromatic heterocycles. The third-order valence-corrected chi connectivity index (χ3v) is 9.39. The summed E-state index contributed by atoms with van der Waals surface area (Å²) in [5.74, 6) is 1.63. The van der Waals surface area contributed by atoms with E-state index in [9.17, 15) is 4.79 Å². The second kappa shape index (κ2) is 12.1. The van der Waals surface area contributed by atoms with Crippen LogP contribution in [-0.2, 0) is 11.2 Å². The Morgan fingerprint density at radius 1 is 0.975 bits per heavy atom. The fourth-order valence-electron chi connectivity index (χ4n) is 6.55. The molecular weight excluding hydrogens is 494 g/mol. The number of benzene rings is 3. The summed E-state index contributed by atoms with van der Waals surface area (Å²) < 4.78 is 6.57. The lowest BCUT2D eigenvalue weighted by Crippen LogP contribution is -2.43. The molecule has 2 aliphatic rings. The number of nitrogen functional groups attached to an aromatic ring is 1. The molecule has 0 bridgehead atoms. The van der Waals surface area contributed by atoms with Gasteiger partial charge in [-0.3, -0.25) is 4.79 Å². The van der Waals surface area contributed by atoms with Gasteiger partial charge >= 0.3 is 0 Å². The standard InChI is InChI=1S/C35H45N3O2/c1-24-25(2)33-31(26(3)32(24)36)23-35(4,40-33)18-22-38-20-16-29(17-21-38)34(39)37-19-15-30(27-11-7-5-8-12-27)28-13-9-6-10-14-28/h5-14,29-30H,15-23,36H2,1-4H3,(H,37,39). The monoisotopic (exact) mass is 539 g/mol. The van der Waals surface area contributed by atoms with Gasteiger partial charge in [-0.2, -0.15) is 0 Å². The van der Waals surface area contributed by atoms with Gasteiger partial charge in [0.05, 0.1) is 0 Å². The van der Waals surface area contributed by atoms with Crippen LogP contribution in [0.25, 0.3) is 0 Å². The third-order valence-electron chi connectivity index (χ3n) is 9.39. The lowest BCUT2D eigenvalue weighted by molar-refractivity contribution is -0.126. The normalized spacial score (nSPS) is 19.4. The van der Waals surface area contributed by atoms with Gasteiger partial charge in [-0.15, -0.1) is 0 Å². The lowest BCUT2D eigenvalue weighted by Gasteiger charge is -2.34. The van der Waals surface area contributed by atoms with Crippen molar-refractivity contribution in [2.24, 2.45) is 5.92 Å². The van der Waals surface area contributed by atoms with Gasteiger partial charge in [-0.1, -0.05) is 60.7 Å². The Morgan fingerprint density at radius 2 is 1.57 bits per heavy atom. The lowest BCUT2D eigenvalue weighted by atomic mass is 9.88. The molecule has 40 heavy (non-hydrogen) atoms. The molecule has 2 aliphatic heterocycles. The summed E-state index contributed by atoms with van der Waals surface area (Å²) in [4.78, 5) is 15.6. The highest BCUT2D eigenvalue weighted by Gasteiger charge is 2.38. The molecule has 0 radical (unpaired) electrons. The minimum absolute atomic E-state index is 0.0990. The highest BCUT2D eigenvalue weighted by atomic mass is 16.5. The van der Waals surface area contributed by atoms with Gasteiger partial charge in [0, 0.05) is 42.6 Å². The molecule has 0 saturated carbocycles. The Bertz CT molecular complexity index is 1240. The van der Waals surface area contributed by atoms with Gasteiger partial charge in [-0.25, -0.2) is 0 Å². The molecule has 1 fully saturated rings. The average molecular weight is 540 g/mol. The van der Waals surface area contributed by atoms with Crippen LogP contribution in [-0.4, -0.2) is 42.6 Å². The van der Waals surface area contributed by atoms with E-state index < -0.39 is 0 Å². The number of ether oxygens (including phenoxy) is 1. The van der Waals surface area contributed by atoms with E-state index in [2.05, 4.69) is 98.6 Å². The van der Waals surface area contributed by atoms with Crippen molar-refractivity contribution in [1.82, 2.24) is 10.2 Å². The molecule has 3 aromatic carbocycles. The van der Waals surface area contributed by atoms with Crippen molar-refractivity contribution in [3.63, 3.8) is 0 Å². The molecule has 0 aliphatic carbocycles. The van der Waals surface area contributed by atoms with E-state index in [0.717, 1.165) is 68.7 Å². The number of fused-ring (bicyclic) bond motifs is 1. The maximum absolute atomic E-state index is 13.1. The van der Waals surface area contributed by atoms with Gasteiger partial charge in [0.15, 0.2) is 0 Å². The van der Waals surface area contributed by atoms with Crippen LogP contribution in [0.4, 0.5) is 5.69 Å². The molecule has 1 unspecified atom stereocenters. The number of nitrogens with one attached hydrogen (secondary N) is 1. The van der Waals surface area contributed by atoms with Gasteiger partial charge in [0.1, 0.15) is 11.4 Å². The Labute approximate surface area is 240 Å². The highest BCUT2D eigenvalue weighted by molar-refractivity contribution is 5.78. The molecule has 3 aromatic rings. The van der Waals surface area contributed by atoms with E-state index in [1.165, 1.54) is 27.8 Å². The SMILES string of the molecule is Cc1c(C)c2c(c(C)c1N)CC(C)(CCN1CCC(C(=O)NCCC(c3ccccc3)c3ccccc3)CC1)O2. The van der Waals surface area contributed by atoms with Crippen LogP contribution in [0.1, 0.15) is 71.9 Å². The summed E-state index contributed by atoms with van der Waals surface area (Å²) in [6.07, 6.45) is 4.60. The van der Waals surface area contributed by atoms with Crippen LogP contribution in [0.3, 0.4) is 0 Å². The van der Waals surface area contributed by atoms with Crippen LogP contribution >= 0.6 is 0 Å². The smallest absolute Gasteiger partial charge is 0.223 e. The minimum atomic E-state index is -0.208. The van der Waals surface area contributed by atoms with Crippen molar-refractivity contribution in [1.29, 1.82) is 0 Å². The Morgan fingerprint density at radius 3 is 2.17 bits per heavy atom. The van der Waals surface area contributed by atoms with Crippen molar-refractivity contribution in [2.75, 3.05) is 31.9 Å². The van der Waals surface area contributed by atoms with E-state index in [0.29, 0.717) is 6.54 Å². The maximum atomic E-state index is 13.1. The second-order valence-electron chi connectivity index (χ2n) is 12.1. The number of nitrogens with zero attached hydrogens (tertiary/aromatic N) is 1. The van der Waals surface area contributed by atoms with E-state index in [-0.39, 0.29) is 23.3 Å². The fraction of sp³-hybridized carbons (Fsp3) is 0.457. The summed E-state index contributed by atoms with van der Waals surface area (Å²) in [5.41, 5.74) is 14.4. The predicted octanol–water partition coefficient (Wildman–Crippen LogP) is 6.33. The minimum Gasteiger partial charge on any atom is -0.487 e. The van der Waals surface area contributed by atoms with E-state index >= 15 is 0 Å². The van der Waals surface area contributed by atoms with Gasteiger partial charge in [0.2, 0.25) is 5.91 Å². The summed E-state index contributed by atoms with van der Waals surface area (Å²) in [5, 5.41) is 3.26. The number of nitrogens with two attached hydrogens (primary N) is 1. The van der Waals surface area contributed by atoms with Crippen LogP contribution in [0.2, 0.25) is 0 Å². The molecule has 5 heteroatoms. The molecule has 1 amide bonds. The van der Waals surface area contributed by atoms with Crippen LogP contribution in [0, 0.1) is 26.7 Å². The van der Waals surface area contributed by atoms with Gasteiger partial charge in [-0.05, 0) is 94.3 Å². The van der Waals surface area contributed by atoms with Crippen molar-refractivity contribution in [3.05, 3.63) is 94.0 Å². The number of rotatable bonds is 9. The molecule has 1 saturated heterocycles. The second-order valence-corrected chi connectivity index (χ2v) is 12.1. The number of anilines is 1. The highest BCUT2D eigenvalue weighted by Crippen LogP contribution is 2.44. The summed E-state index contributed by atoms with van der Waals surface area (Å²) in [6, 6.07) is 21.2. The first-order valence-corrected chi connectivity index (χ1v) is 14.9. The quantitative estimate of drug-likeness (QED) is 0.312. The Hall–Kier alpha value is -3.31. The van der Waals surface area contributed by atoms with Crippen molar-refractivity contribution < 1.29 is 9.53 Å². The zero-order valence-electron chi connectivity index (χ0n) is 24.6. The van der Waals surface area contributed by atoms with Crippen molar-refractivity contribution in [2.45, 2.75) is 71.3 Å². The zero-order valence-corrected chi connectivity index (χ0v) is 24.6. The van der Waals surface area contributed by atoms with Crippen LogP contribution in [0.5, 0.6) is 5.75 Å². The van der Waals surface area contributed by atoms with Crippen molar-refractivity contribution in [3.8, 4) is 5.75 Å². The molecule has 3 N–H and O–H groups in total. The fourth-order valence-corrected chi connectivity index (χ4v) is 6.55. The third kappa shape index (κ3) is 6.05. The summed E-state index contributed by atoms with van der Waals surface area (Å²) in [7, 11) is 0. The van der Waals surface area contributed by atoms with Crippen molar-refractivity contribution >= 4 is 11.6 Å². The number of amides is 1. The largest absolute Gasteiger partial charge is 0.487 e. The van der Waals surface area contributed by atoms with E-state index in [4.69, 9.17) is 10.5 Å². The average Bonchev–Trinajstić information content (AvgIpc) is 3.35. The van der Waals surface area contributed by atoms with Gasteiger partial charge in [0.25, 0.3) is 0 Å². The predicted molar refractivity (Wildman–Crippen MR) is 164 cm³/mol. The van der Waals surface area contributed by atoms with Gasteiger partial charge < -0.3 is 20.7 Å². The zero-order chi connectivity index (χ0) is 28.3. The Balaban J connectivity index is 1.08. The van der Waals surface area contributed by atoms with Crippen LogP contribution in [0.15, 0.2) is 60.7 Å². The number of likely N-dealkylation sites (tertiary alicyclic amines) is 1. The number of hydrogen-bond acceptors (Lipinski definition) is 4. The molecule has 2 heterocycles. The molecular formula is C35H45N3O2. The van der Waals surface area contributed by atoms with E-state index in [1.807, 2.05) is 0 Å². The molecule has 0 spiro atoms. The first-order chi connectivity index (χ1) is 19.3. The first kappa shape index (κ1) is 28.2. The molecule has 212 valence electrons. The Kier molecular flexibility index (Phi) is 8.51. The van der Waals surface area contributed by atoms with E-state index in [1.54, 1.807) is 0 Å². The first-order valence-electron chi connectivity index (χ1n) is 14.9. The maximum Gasteiger partial charge on any atom is 0.223 e. The molecule has 5 rings (SSSR count). The summed E-state index contributed by atoms with van der Waals surface area (Å²) >= 11 is 0. The number of carbonyl (C=O) groups excluding carboxylic acids is 1. The number of carbonyl (C=O) groups is 1. The molecule has 5 nitrogen and oxygen atoms in total. The summed E-state index contributed by atoms with van der Waals surface area (Å²) in [6.45, 7) is 12.2.